The zero-order chi connectivity index (χ0) is 13.2. The van der Waals surface area contributed by atoms with Crippen LogP contribution in [0.25, 0.3) is 0 Å². The van der Waals surface area contributed by atoms with Gasteiger partial charge in [0.1, 0.15) is 5.75 Å². The molecule has 3 nitrogen and oxygen atoms in total. The second-order valence-electron chi connectivity index (χ2n) is 4.42. The number of hydrogen-bond donors (Lipinski definition) is 2. The minimum absolute atomic E-state index is 0.181. The highest BCUT2D eigenvalue weighted by molar-refractivity contribution is 5.36. The molecule has 0 spiro atoms. The molecule has 1 unspecified atom stereocenters. The Kier molecular flexibility index (Phi) is 3.77. The highest BCUT2D eigenvalue weighted by Crippen LogP contribution is 2.41. The number of halogens is 3. The summed E-state index contributed by atoms with van der Waals surface area (Å²) in [6.07, 6.45) is -1.66. The van der Waals surface area contributed by atoms with Gasteiger partial charge in [-0.2, -0.15) is 0 Å². The topological polar surface area (TPSA) is 47.3 Å². The molecule has 1 aliphatic carbocycles. The second kappa shape index (κ2) is 5.16. The molecule has 0 aromatic heterocycles. The Morgan fingerprint density at radius 2 is 1.94 bits per heavy atom. The van der Waals surface area contributed by atoms with Crippen molar-refractivity contribution in [1.82, 2.24) is 5.43 Å². The molecule has 18 heavy (non-hydrogen) atoms. The quantitative estimate of drug-likeness (QED) is 0.646. The maximum Gasteiger partial charge on any atom is 0.573 e. The third-order valence-electron chi connectivity index (χ3n) is 3.28. The van der Waals surface area contributed by atoms with Crippen molar-refractivity contribution in [2.24, 2.45) is 11.8 Å². The van der Waals surface area contributed by atoms with Gasteiger partial charge in [-0.1, -0.05) is 24.6 Å². The van der Waals surface area contributed by atoms with Crippen LogP contribution in [0.15, 0.2) is 24.3 Å². The molecule has 0 aliphatic heterocycles. The summed E-state index contributed by atoms with van der Waals surface area (Å²) < 4.78 is 41.0. The van der Waals surface area contributed by atoms with Gasteiger partial charge in [0, 0.05) is 5.56 Å². The van der Waals surface area contributed by atoms with Gasteiger partial charge in [-0.15, -0.1) is 13.2 Å². The molecule has 2 rings (SSSR count). The predicted molar refractivity (Wildman–Crippen MR) is 60.5 cm³/mol. The molecule has 6 heteroatoms. The number of hydrazine groups is 1. The van der Waals surface area contributed by atoms with Crippen LogP contribution in [0.3, 0.4) is 0 Å². The first kappa shape index (κ1) is 13.2. The van der Waals surface area contributed by atoms with Crippen LogP contribution in [0.1, 0.15) is 30.9 Å². The average Bonchev–Trinajstić information content (AvgIpc) is 2.22. The fourth-order valence-electron chi connectivity index (χ4n) is 2.21. The molecule has 1 aromatic rings. The van der Waals surface area contributed by atoms with Gasteiger partial charge >= 0.3 is 6.36 Å². The Hall–Kier alpha value is -1.27. The van der Waals surface area contributed by atoms with Crippen molar-refractivity contribution in [2.45, 2.75) is 31.7 Å². The summed E-state index contributed by atoms with van der Waals surface area (Å²) in [5.41, 5.74) is 3.06. The van der Waals surface area contributed by atoms with E-state index < -0.39 is 6.36 Å². The number of nitrogens with one attached hydrogen (secondary N) is 1. The number of benzene rings is 1. The van der Waals surface area contributed by atoms with Crippen LogP contribution in [0.5, 0.6) is 5.75 Å². The Bertz CT molecular complexity index is 405. The van der Waals surface area contributed by atoms with Crippen molar-refractivity contribution in [1.29, 1.82) is 0 Å². The number of para-hydroxylation sites is 1. The highest BCUT2D eigenvalue weighted by atomic mass is 19.4. The maximum atomic E-state index is 12.3. The van der Waals surface area contributed by atoms with Crippen LogP contribution in [-0.2, 0) is 0 Å². The number of rotatable bonds is 4. The lowest BCUT2D eigenvalue weighted by Crippen LogP contribution is -2.37. The molecule has 3 N–H and O–H groups in total. The third kappa shape index (κ3) is 2.94. The summed E-state index contributed by atoms with van der Waals surface area (Å²) in [7, 11) is 0. The van der Waals surface area contributed by atoms with Crippen LogP contribution in [-0.4, -0.2) is 6.36 Å². The van der Waals surface area contributed by atoms with Crippen molar-refractivity contribution in [3.05, 3.63) is 29.8 Å². The minimum atomic E-state index is -4.69. The maximum absolute atomic E-state index is 12.3. The monoisotopic (exact) mass is 260 g/mol. The van der Waals surface area contributed by atoms with Crippen LogP contribution < -0.4 is 16.0 Å². The van der Waals surface area contributed by atoms with E-state index in [0.29, 0.717) is 5.56 Å². The van der Waals surface area contributed by atoms with E-state index in [-0.39, 0.29) is 17.7 Å². The molecule has 1 aliphatic rings. The summed E-state index contributed by atoms with van der Waals surface area (Å²) in [4.78, 5) is 0. The standard InChI is InChI=1S/C12H15F3N2O/c13-12(14,15)18-10-7-2-1-6-9(10)11(17-16)8-4-3-5-8/h1-2,6-8,11,17H,3-5,16H2. The fraction of sp³-hybridized carbons (Fsp3) is 0.500. The summed E-state index contributed by atoms with van der Waals surface area (Å²) >= 11 is 0. The van der Waals surface area contributed by atoms with Gasteiger partial charge in [-0.3, -0.25) is 11.3 Å². The molecule has 1 fully saturated rings. The Labute approximate surface area is 103 Å². The minimum Gasteiger partial charge on any atom is -0.405 e. The molecule has 1 aromatic carbocycles. The first-order valence-electron chi connectivity index (χ1n) is 5.82. The van der Waals surface area contributed by atoms with Crippen molar-refractivity contribution in [2.75, 3.05) is 0 Å². The average molecular weight is 260 g/mol. The number of alkyl halides is 3. The van der Waals surface area contributed by atoms with Crippen LogP contribution >= 0.6 is 0 Å². The first-order chi connectivity index (χ1) is 8.51. The van der Waals surface area contributed by atoms with E-state index in [9.17, 15) is 13.2 Å². The third-order valence-corrected chi connectivity index (χ3v) is 3.28. The zero-order valence-corrected chi connectivity index (χ0v) is 9.70. The molecule has 0 saturated heterocycles. The Morgan fingerprint density at radius 3 is 2.44 bits per heavy atom. The zero-order valence-electron chi connectivity index (χ0n) is 9.70. The fourth-order valence-corrected chi connectivity index (χ4v) is 2.21. The van der Waals surface area contributed by atoms with E-state index in [4.69, 9.17) is 5.84 Å². The van der Waals surface area contributed by atoms with Gasteiger partial charge in [0.05, 0.1) is 6.04 Å². The Balaban J connectivity index is 2.25. The molecule has 100 valence electrons. The van der Waals surface area contributed by atoms with Crippen molar-refractivity contribution < 1.29 is 17.9 Å². The molecule has 0 amide bonds. The number of ether oxygens (including phenoxy) is 1. The van der Waals surface area contributed by atoms with Gasteiger partial charge < -0.3 is 4.74 Å². The molecule has 0 heterocycles. The van der Waals surface area contributed by atoms with Crippen LogP contribution in [0.4, 0.5) is 13.2 Å². The van der Waals surface area contributed by atoms with E-state index in [0.717, 1.165) is 19.3 Å². The highest BCUT2D eigenvalue weighted by Gasteiger charge is 2.35. The molecular weight excluding hydrogens is 245 g/mol. The van der Waals surface area contributed by atoms with Gasteiger partial charge in [0.15, 0.2) is 0 Å². The largest absolute Gasteiger partial charge is 0.573 e. The molecular formula is C12H15F3N2O. The van der Waals surface area contributed by atoms with E-state index >= 15 is 0 Å². The smallest absolute Gasteiger partial charge is 0.405 e. The lowest BCUT2D eigenvalue weighted by molar-refractivity contribution is -0.275. The molecule has 1 atom stereocenters. The lowest BCUT2D eigenvalue weighted by Gasteiger charge is -2.34. The van der Waals surface area contributed by atoms with E-state index in [1.165, 1.54) is 12.1 Å². The number of hydrogen-bond acceptors (Lipinski definition) is 3. The van der Waals surface area contributed by atoms with Gasteiger partial charge in [-0.25, -0.2) is 0 Å². The predicted octanol–water partition coefficient (Wildman–Crippen LogP) is 2.89. The second-order valence-corrected chi connectivity index (χ2v) is 4.42. The van der Waals surface area contributed by atoms with Crippen molar-refractivity contribution in [3.63, 3.8) is 0 Å². The van der Waals surface area contributed by atoms with Gasteiger partial charge in [0.2, 0.25) is 0 Å². The SMILES string of the molecule is NNC(c1ccccc1OC(F)(F)F)C1CCC1. The van der Waals surface area contributed by atoms with E-state index in [1.54, 1.807) is 12.1 Å². The van der Waals surface area contributed by atoms with Crippen molar-refractivity contribution >= 4 is 0 Å². The molecule has 0 radical (unpaired) electrons. The normalized spacial score (nSPS) is 18.2. The summed E-state index contributed by atoms with van der Waals surface area (Å²) in [6, 6.07) is 5.83. The van der Waals surface area contributed by atoms with Gasteiger partial charge in [0.25, 0.3) is 0 Å². The summed E-state index contributed by atoms with van der Waals surface area (Å²) in [6.45, 7) is 0. The first-order valence-corrected chi connectivity index (χ1v) is 5.82. The Morgan fingerprint density at radius 1 is 1.28 bits per heavy atom. The molecule has 0 bridgehead atoms. The lowest BCUT2D eigenvalue weighted by atomic mass is 9.77. The number of nitrogens with two attached hydrogens (primary N) is 1. The van der Waals surface area contributed by atoms with Crippen LogP contribution in [0, 0.1) is 5.92 Å². The van der Waals surface area contributed by atoms with E-state index in [2.05, 4.69) is 10.2 Å². The van der Waals surface area contributed by atoms with E-state index in [1.807, 2.05) is 0 Å². The van der Waals surface area contributed by atoms with Crippen LogP contribution in [0.2, 0.25) is 0 Å². The van der Waals surface area contributed by atoms with Gasteiger partial charge in [-0.05, 0) is 24.8 Å². The summed E-state index contributed by atoms with van der Waals surface area (Å²) in [5.74, 6) is 5.55. The molecule has 1 saturated carbocycles. The van der Waals surface area contributed by atoms with Crippen molar-refractivity contribution in [3.8, 4) is 5.75 Å². The summed E-state index contributed by atoms with van der Waals surface area (Å²) in [5, 5.41) is 0.